The lowest BCUT2D eigenvalue weighted by Crippen LogP contribution is -2.11. The normalized spacial score (nSPS) is 12.2. The van der Waals surface area contributed by atoms with Crippen LogP contribution in [0.25, 0.3) is 0 Å². The Balaban J connectivity index is 3.11. The summed E-state index contributed by atoms with van der Waals surface area (Å²) in [6.07, 6.45) is 0. The summed E-state index contributed by atoms with van der Waals surface area (Å²) in [5.41, 5.74) is 1.22. The minimum Gasteiger partial charge on any atom is -0.481 e. The third kappa shape index (κ3) is 2.80. The highest BCUT2D eigenvalue weighted by atomic mass is 32.2. The van der Waals surface area contributed by atoms with E-state index < -0.39 is 23.7 Å². The molecule has 0 aliphatic carbocycles. The molecular formula is C10H12O5S. The predicted octanol–water partition coefficient (Wildman–Crippen LogP) is 1.35. The number of aryl methyl sites for hydroxylation is 1. The zero-order valence-electron chi connectivity index (χ0n) is 8.89. The van der Waals surface area contributed by atoms with Gasteiger partial charge in [0.2, 0.25) is 0 Å². The Labute approximate surface area is 95.3 Å². The van der Waals surface area contributed by atoms with Gasteiger partial charge in [0, 0.05) is 5.56 Å². The molecule has 0 radical (unpaired) electrons. The van der Waals surface area contributed by atoms with Crippen LogP contribution in [-0.4, -0.2) is 26.4 Å². The number of carboxylic acid groups (broad SMARTS) is 1. The summed E-state index contributed by atoms with van der Waals surface area (Å²) in [6.45, 7) is 2.89. The molecule has 1 atom stereocenters. The highest BCUT2D eigenvalue weighted by Crippen LogP contribution is 2.27. The van der Waals surface area contributed by atoms with Gasteiger partial charge in [-0.2, -0.15) is 0 Å². The first-order valence-corrected chi connectivity index (χ1v) is 5.59. The van der Waals surface area contributed by atoms with E-state index in [0.717, 1.165) is 5.56 Å². The van der Waals surface area contributed by atoms with Crippen LogP contribution in [0.3, 0.4) is 0 Å². The Hall–Kier alpha value is -1.40. The fraction of sp³-hybridized carbons (Fsp3) is 0.300. The molecule has 0 saturated heterocycles. The number of hydrogen-bond acceptors (Lipinski definition) is 3. The molecule has 1 unspecified atom stereocenters. The molecule has 0 fully saturated rings. The van der Waals surface area contributed by atoms with E-state index in [-0.39, 0.29) is 4.90 Å². The smallest absolute Gasteiger partial charge is 0.341 e. The van der Waals surface area contributed by atoms with Crippen LogP contribution in [0.2, 0.25) is 0 Å². The van der Waals surface area contributed by atoms with Gasteiger partial charge in [-0.3, -0.25) is 0 Å². The lowest BCUT2D eigenvalue weighted by molar-refractivity contribution is -0.139. The molecule has 0 aromatic heterocycles. The van der Waals surface area contributed by atoms with E-state index in [1.807, 2.05) is 0 Å². The van der Waals surface area contributed by atoms with Gasteiger partial charge in [-0.1, -0.05) is 6.07 Å². The van der Waals surface area contributed by atoms with Gasteiger partial charge in [-0.15, -0.1) is 0 Å². The number of aliphatic carboxylic acids is 1. The summed E-state index contributed by atoms with van der Waals surface area (Å²) in [5.74, 6) is -0.739. The van der Waals surface area contributed by atoms with Crippen molar-refractivity contribution in [1.82, 2.24) is 0 Å². The number of hydrogen-bond donors (Lipinski definition) is 2. The fourth-order valence-electron chi connectivity index (χ4n) is 1.35. The molecule has 0 aliphatic rings. The molecule has 88 valence electrons. The van der Waals surface area contributed by atoms with Crippen LogP contribution >= 0.6 is 0 Å². The van der Waals surface area contributed by atoms with E-state index in [1.54, 1.807) is 19.9 Å². The molecule has 6 heteroatoms. The Morgan fingerprint density at radius 3 is 2.56 bits per heavy atom. The van der Waals surface area contributed by atoms with Crippen molar-refractivity contribution in [2.45, 2.75) is 18.7 Å². The summed E-state index contributed by atoms with van der Waals surface area (Å²) in [6, 6.07) is 3.14. The highest BCUT2D eigenvalue weighted by molar-refractivity contribution is 7.79. The molecule has 1 aromatic rings. The minimum absolute atomic E-state index is 0.228. The molecule has 0 aliphatic heterocycles. The summed E-state index contributed by atoms with van der Waals surface area (Å²) < 4.78 is 25.0. The summed E-state index contributed by atoms with van der Waals surface area (Å²) in [4.78, 5) is 10.6. The molecule has 0 amide bonds. The average Bonchev–Trinajstić information content (AvgIpc) is 2.16. The van der Waals surface area contributed by atoms with E-state index in [0.29, 0.717) is 11.3 Å². The quantitative estimate of drug-likeness (QED) is 0.781. The first-order valence-electron chi connectivity index (χ1n) is 4.49. The topological polar surface area (TPSA) is 83.8 Å². The number of ether oxygens (including phenoxy) is 1. The number of carboxylic acids is 1. The van der Waals surface area contributed by atoms with Gasteiger partial charge in [-0.05, 0) is 25.5 Å². The SMILES string of the molecule is Cc1ccc(S(=O)O)c(C)c1OCC(=O)O. The maximum absolute atomic E-state index is 11.0. The van der Waals surface area contributed by atoms with Crippen LogP contribution in [0.5, 0.6) is 5.75 Å². The number of rotatable bonds is 4. The van der Waals surface area contributed by atoms with Gasteiger partial charge in [0.05, 0.1) is 4.90 Å². The van der Waals surface area contributed by atoms with Gasteiger partial charge in [0.1, 0.15) is 5.75 Å². The fourth-order valence-corrected chi connectivity index (χ4v) is 1.89. The minimum atomic E-state index is -2.10. The Kier molecular flexibility index (Phi) is 4.03. The average molecular weight is 244 g/mol. The second kappa shape index (κ2) is 5.09. The van der Waals surface area contributed by atoms with Crippen molar-refractivity contribution >= 4 is 17.0 Å². The molecule has 2 N–H and O–H groups in total. The number of carbonyl (C=O) groups is 1. The summed E-state index contributed by atoms with van der Waals surface area (Å²) >= 11 is -2.10. The van der Waals surface area contributed by atoms with Crippen LogP contribution < -0.4 is 4.74 Å². The highest BCUT2D eigenvalue weighted by Gasteiger charge is 2.13. The molecule has 0 heterocycles. The van der Waals surface area contributed by atoms with E-state index in [9.17, 15) is 9.00 Å². The number of benzene rings is 1. The molecule has 16 heavy (non-hydrogen) atoms. The van der Waals surface area contributed by atoms with Crippen LogP contribution in [-0.2, 0) is 15.9 Å². The Bertz CT molecular complexity index is 441. The van der Waals surface area contributed by atoms with Crippen molar-refractivity contribution in [2.24, 2.45) is 0 Å². The van der Waals surface area contributed by atoms with Gasteiger partial charge in [0.25, 0.3) is 0 Å². The second-order valence-corrected chi connectivity index (χ2v) is 4.20. The van der Waals surface area contributed by atoms with Crippen molar-refractivity contribution in [1.29, 1.82) is 0 Å². The van der Waals surface area contributed by atoms with Gasteiger partial charge in [0.15, 0.2) is 17.7 Å². The first-order chi connectivity index (χ1) is 7.43. The van der Waals surface area contributed by atoms with Crippen LogP contribution in [0.1, 0.15) is 11.1 Å². The summed E-state index contributed by atoms with van der Waals surface area (Å²) in [7, 11) is 0. The molecule has 1 rings (SSSR count). The van der Waals surface area contributed by atoms with Gasteiger partial charge < -0.3 is 14.4 Å². The van der Waals surface area contributed by atoms with Crippen LogP contribution in [0, 0.1) is 13.8 Å². The van der Waals surface area contributed by atoms with Crippen molar-refractivity contribution in [2.75, 3.05) is 6.61 Å². The van der Waals surface area contributed by atoms with Crippen molar-refractivity contribution in [3.05, 3.63) is 23.3 Å². The van der Waals surface area contributed by atoms with E-state index >= 15 is 0 Å². The molecule has 0 bridgehead atoms. The third-order valence-corrected chi connectivity index (χ3v) is 2.90. The maximum atomic E-state index is 11.0. The predicted molar refractivity (Wildman–Crippen MR) is 58.1 cm³/mol. The lowest BCUT2D eigenvalue weighted by Gasteiger charge is -2.12. The van der Waals surface area contributed by atoms with Crippen molar-refractivity contribution < 1.29 is 23.4 Å². The lowest BCUT2D eigenvalue weighted by atomic mass is 10.1. The largest absolute Gasteiger partial charge is 0.481 e. The third-order valence-electron chi connectivity index (χ3n) is 2.08. The Morgan fingerprint density at radius 1 is 1.44 bits per heavy atom. The first kappa shape index (κ1) is 12.7. The second-order valence-electron chi connectivity index (χ2n) is 3.27. The molecule has 5 nitrogen and oxygen atoms in total. The van der Waals surface area contributed by atoms with Gasteiger partial charge >= 0.3 is 5.97 Å². The Morgan fingerprint density at radius 2 is 2.06 bits per heavy atom. The van der Waals surface area contributed by atoms with Crippen molar-refractivity contribution in [3.63, 3.8) is 0 Å². The van der Waals surface area contributed by atoms with E-state index in [1.165, 1.54) is 6.07 Å². The van der Waals surface area contributed by atoms with Gasteiger partial charge in [-0.25, -0.2) is 9.00 Å². The molecule has 0 spiro atoms. The standard InChI is InChI=1S/C10H12O5S/c1-6-3-4-8(16(13)14)7(2)10(6)15-5-9(11)12/h3-4H,5H2,1-2H3,(H,11,12)(H,13,14). The van der Waals surface area contributed by atoms with E-state index in [2.05, 4.69) is 0 Å². The molecule has 0 saturated carbocycles. The molecule has 1 aromatic carbocycles. The van der Waals surface area contributed by atoms with Crippen molar-refractivity contribution in [3.8, 4) is 5.75 Å². The molecular weight excluding hydrogens is 232 g/mol. The maximum Gasteiger partial charge on any atom is 0.341 e. The van der Waals surface area contributed by atoms with E-state index in [4.69, 9.17) is 14.4 Å². The monoisotopic (exact) mass is 244 g/mol. The van der Waals surface area contributed by atoms with Crippen LogP contribution in [0.4, 0.5) is 0 Å². The zero-order chi connectivity index (χ0) is 12.3. The van der Waals surface area contributed by atoms with Crippen LogP contribution in [0.15, 0.2) is 17.0 Å². The zero-order valence-corrected chi connectivity index (χ0v) is 9.71. The summed E-state index contributed by atoms with van der Waals surface area (Å²) in [5, 5.41) is 8.50.